The molecule has 0 unspecified atom stereocenters. The predicted octanol–water partition coefficient (Wildman–Crippen LogP) is 4.87. The highest BCUT2D eigenvalue weighted by molar-refractivity contribution is 7.92. The van der Waals surface area contributed by atoms with Crippen molar-refractivity contribution in [1.82, 2.24) is 29.4 Å². The third-order valence-electron chi connectivity index (χ3n) is 14.2. The van der Waals surface area contributed by atoms with Gasteiger partial charge in [-0.05, 0) is 165 Å². The Balaban J connectivity index is 0.000000150. The van der Waals surface area contributed by atoms with E-state index < -0.39 is 25.6 Å². The van der Waals surface area contributed by atoms with Crippen LogP contribution in [0.1, 0.15) is 127 Å². The van der Waals surface area contributed by atoms with E-state index in [-0.39, 0.29) is 46.2 Å². The highest BCUT2D eigenvalue weighted by Crippen LogP contribution is 2.40. The number of Topliss-reactive ketones (excluding diaryl/α,β-unsaturated/α-hetero) is 1. The van der Waals surface area contributed by atoms with Crippen LogP contribution in [0.5, 0.6) is 5.75 Å². The number of aryl methyl sites for hydroxylation is 4. The van der Waals surface area contributed by atoms with Crippen molar-refractivity contribution in [1.29, 1.82) is 5.26 Å². The van der Waals surface area contributed by atoms with Crippen LogP contribution in [0.2, 0.25) is 0 Å². The number of nitrogens with zero attached hydrogens (tertiary/aromatic N) is 7. The summed E-state index contributed by atoms with van der Waals surface area (Å²) < 4.78 is 56.7. The molecule has 66 heavy (non-hydrogen) atoms. The molecule has 18 heteroatoms. The Labute approximate surface area is 387 Å². The lowest BCUT2D eigenvalue weighted by atomic mass is 9.91. The average molecular weight is 941 g/mol. The lowest BCUT2D eigenvalue weighted by Crippen LogP contribution is -2.37. The van der Waals surface area contributed by atoms with Crippen molar-refractivity contribution in [3.05, 3.63) is 86.7 Å². The van der Waals surface area contributed by atoms with E-state index in [1.165, 1.54) is 69.5 Å². The molecule has 0 atom stereocenters. The summed E-state index contributed by atoms with van der Waals surface area (Å²) in [6, 6.07) is 7.74. The average Bonchev–Trinajstić information content (AvgIpc) is 4.14. The van der Waals surface area contributed by atoms with Crippen LogP contribution in [0.3, 0.4) is 0 Å². The number of primary sulfonamides is 1. The fraction of sp³-hybridized carbons (Fsp3) is 0.542. The van der Waals surface area contributed by atoms with Gasteiger partial charge >= 0.3 is 0 Å². The Morgan fingerprint density at radius 2 is 1.08 bits per heavy atom. The second-order valence-electron chi connectivity index (χ2n) is 18.5. The molecule has 4 aliphatic carbocycles. The van der Waals surface area contributed by atoms with Gasteiger partial charge in [0.2, 0.25) is 21.7 Å². The first-order valence-corrected chi connectivity index (χ1v) is 26.6. The van der Waals surface area contributed by atoms with Crippen molar-refractivity contribution >= 4 is 37.5 Å². The number of rotatable bonds is 9. The van der Waals surface area contributed by atoms with Crippen LogP contribution >= 0.6 is 0 Å². The monoisotopic (exact) mass is 940 g/mol. The zero-order valence-corrected chi connectivity index (χ0v) is 39.6. The number of ether oxygens (including phenoxy) is 1. The van der Waals surface area contributed by atoms with E-state index >= 15 is 0 Å². The van der Waals surface area contributed by atoms with E-state index in [0.29, 0.717) is 26.2 Å². The molecule has 2 N–H and O–H groups in total. The number of carbonyl (C=O) groups excluding carboxylic acids is 3. The SMILES string of the molecule is CC(=O)N1CCC(n2ccc(S(=O)(=O)CC(=O)Cc3c4c(cc5c3CCC5)CCC4)n2)CC1.CC(=O)N1CCC(n2ccc(S(N)(=O)=O)n2)CC1.N#COc1c2c(cc3c1CCC3)CCC2. The first kappa shape index (κ1) is 47.1. The number of sulfonamides is 1. The minimum Gasteiger partial charge on any atom is -0.387 e. The Kier molecular flexibility index (Phi) is 14.2. The summed E-state index contributed by atoms with van der Waals surface area (Å²) in [5.74, 6) is 0.267. The summed E-state index contributed by atoms with van der Waals surface area (Å²) in [5, 5.41) is 21.9. The Morgan fingerprint density at radius 3 is 1.48 bits per heavy atom. The summed E-state index contributed by atoms with van der Waals surface area (Å²) in [4.78, 5) is 39.2. The molecular formula is C48H60N8O8S2. The first-order chi connectivity index (χ1) is 31.6. The number of benzene rings is 2. The zero-order chi connectivity index (χ0) is 46.8. The van der Waals surface area contributed by atoms with Crippen LogP contribution in [0.15, 0.2) is 46.7 Å². The minimum atomic E-state index is -3.80. The van der Waals surface area contributed by atoms with Gasteiger partial charge in [0.25, 0.3) is 16.3 Å². The molecule has 2 amide bonds. The number of hydrogen-bond acceptors (Lipinski definition) is 11. The molecule has 6 aliphatic rings. The van der Waals surface area contributed by atoms with E-state index in [1.807, 2.05) is 6.26 Å². The van der Waals surface area contributed by atoms with Gasteiger partial charge in [0.05, 0.1) is 12.1 Å². The molecule has 0 bridgehead atoms. The van der Waals surface area contributed by atoms with Gasteiger partial charge in [0.15, 0.2) is 15.8 Å². The normalized spacial score (nSPS) is 18.0. The van der Waals surface area contributed by atoms with Crippen molar-refractivity contribution < 1.29 is 36.0 Å². The summed E-state index contributed by atoms with van der Waals surface area (Å²) in [6.45, 7) is 5.74. The van der Waals surface area contributed by atoms with Gasteiger partial charge in [-0.15, -0.1) is 5.26 Å². The van der Waals surface area contributed by atoms with Crippen LogP contribution in [-0.2, 0) is 92.0 Å². The van der Waals surface area contributed by atoms with Gasteiger partial charge in [-0.25, -0.2) is 22.0 Å². The van der Waals surface area contributed by atoms with Crippen LogP contribution in [-0.4, -0.2) is 95.7 Å². The molecular weight excluding hydrogens is 881 g/mol. The smallest absolute Gasteiger partial charge is 0.292 e. The summed E-state index contributed by atoms with van der Waals surface area (Å²) >= 11 is 0. The maximum absolute atomic E-state index is 13.0. The minimum absolute atomic E-state index is 0.0339. The van der Waals surface area contributed by atoms with Crippen molar-refractivity contribution in [2.75, 3.05) is 31.9 Å². The third kappa shape index (κ3) is 10.4. The Hall–Kier alpha value is -5.38. The lowest BCUT2D eigenvalue weighted by Gasteiger charge is -2.31. The van der Waals surface area contributed by atoms with Gasteiger partial charge in [0.1, 0.15) is 11.5 Å². The number of nitriles is 1. The van der Waals surface area contributed by atoms with Crippen molar-refractivity contribution in [3.63, 3.8) is 0 Å². The molecule has 2 saturated heterocycles. The van der Waals surface area contributed by atoms with E-state index in [2.05, 4.69) is 22.3 Å². The van der Waals surface area contributed by atoms with E-state index in [0.717, 1.165) is 101 Å². The van der Waals surface area contributed by atoms with Crippen molar-refractivity contribution in [2.45, 2.75) is 145 Å². The molecule has 0 saturated carbocycles. The highest BCUT2D eigenvalue weighted by atomic mass is 32.2. The number of hydrogen-bond donors (Lipinski definition) is 1. The van der Waals surface area contributed by atoms with Gasteiger partial charge in [-0.3, -0.25) is 23.7 Å². The molecule has 0 radical (unpaired) electrons. The number of piperidine rings is 2. The fourth-order valence-electron chi connectivity index (χ4n) is 10.9. The maximum Gasteiger partial charge on any atom is 0.292 e. The van der Waals surface area contributed by atoms with E-state index in [1.54, 1.807) is 45.4 Å². The van der Waals surface area contributed by atoms with Crippen LogP contribution < -0.4 is 9.88 Å². The van der Waals surface area contributed by atoms with Gasteiger partial charge in [-0.2, -0.15) is 10.2 Å². The topological polar surface area (TPSA) is 221 Å². The number of nitrogens with two attached hydrogens (primary N) is 1. The van der Waals surface area contributed by atoms with Crippen molar-refractivity contribution in [2.24, 2.45) is 5.14 Å². The van der Waals surface area contributed by atoms with Crippen molar-refractivity contribution in [3.8, 4) is 12.0 Å². The largest absolute Gasteiger partial charge is 0.387 e. The lowest BCUT2D eigenvalue weighted by molar-refractivity contribution is -0.130. The molecule has 352 valence electrons. The summed E-state index contributed by atoms with van der Waals surface area (Å²) in [5.41, 5.74) is 11.9. The number of ketones is 1. The van der Waals surface area contributed by atoms with Gasteiger partial charge in [-0.1, -0.05) is 12.1 Å². The molecule has 16 nitrogen and oxygen atoms in total. The second-order valence-corrected chi connectivity index (χ2v) is 21.9. The van der Waals surface area contributed by atoms with Crippen LogP contribution in [0, 0.1) is 11.5 Å². The molecule has 2 aromatic heterocycles. The summed E-state index contributed by atoms with van der Waals surface area (Å²) in [6.07, 6.45) is 21.6. The van der Waals surface area contributed by atoms with Crippen LogP contribution in [0.25, 0.3) is 0 Å². The van der Waals surface area contributed by atoms with Gasteiger partial charge in [0, 0.05) is 58.8 Å². The number of amides is 2. The molecule has 10 rings (SSSR count). The molecule has 4 heterocycles. The number of fused-ring (bicyclic) bond motifs is 4. The molecule has 2 aromatic carbocycles. The second kappa shape index (κ2) is 19.8. The molecule has 4 aromatic rings. The Morgan fingerprint density at radius 1 is 0.667 bits per heavy atom. The zero-order valence-electron chi connectivity index (χ0n) is 38.0. The number of sulfone groups is 1. The molecule has 2 fully saturated rings. The van der Waals surface area contributed by atoms with Crippen LogP contribution in [0.4, 0.5) is 0 Å². The fourth-order valence-corrected chi connectivity index (χ4v) is 12.5. The first-order valence-electron chi connectivity index (χ1n) is 23.4. The van der Waals surface area contributed by atoms with E-state index in [9.17, 15) is 31.2 Å². The van der Waals surface area contributed by atoms with Gasteiger partial charge < -0.3 is 14.5 Å². The number of aromatic nitrogens is 4. The quantitative estimate of drug-likeness (QED) is 0.223. The third-order valence-corrected chi connectivity index (χ3v) is 16.6. The molecule has 2 aliphatic heterocycles. The summed E-state index contributed by atoms with van der Waals surface area (Å²) in [7, 11) is -7.54. The standard InChI is InChI=1S/C25H31N3O4S.C13H13NO.C10H16N4O3S/c1-17(29)27-11-8-20(9-12-27)28-13-10-25(26-28)33(31,32)16-21(30)15-24-22-6-2-4-18(22)14-19-5-3-7-23(19)24;14-8-15-13-11-5-1-3-9(11)7-10-4-2-6-12(10)13;1-8(15)13-5-2-9(3-6-13)14-7-4-10(12-14)18(11,16)17/h10,13-14,20H,2-9,11-12,15-16H2,1H3;7H,1-6H2;4,7,9H,2-3,5-6H2,1H3,(H2,11,16,17). The highest BCUT2D eigenvalue weighted by Gasteiger charge is 2.30. The number of likely N-dealkylation sites (tertiary alicyclic amines) is 2. The number of carbonyl (C=O) groups is 3. The molecule has 0 spiro atoms. The Bertz CT molecular complexity index is 2710. The predicted molar refractivity (Wildman–Crippen MR) is 245 cm³/mol. The maximum atomic E-state index is 13.0. The van der Waals surface area contributed by atoms with E-state index in [4.69, 9.17) is 15.1 Å².